The summed E-state index contributed by atoms with van der Waals surface area (Å²) in [6.07, 6.45) is 16.7. The number of nitrogens with zero attached hydrogens (tertiary/aromatic N) is 4. The van der Waals surface area contributed by atoms with Gasteiger partial charge in [-0.3, -0.25) is 60.2 Å². The first-order valence-electron chi connectivity index (χ1n) is 17.4. The van der Waals surface area contributed by atoms with E-state index in [4.69, 9.17) is 33.5 Å². The molecule has 0 atom stereocenters. The van der Waals surface area contributed by atoms with Gasteiger partial charge in [0.05, 0.1) is 52.5 Å². The number of nitrogens with one attached hydrogen (secondary N) is 4. The quantitative estimate of drug-likeness (QED) is 0.0559. The summed E-state index contributed by atoms with van der Waals surface area (Å²) in [7, 11) is -8.05. The van der Waals surface area contributed by atoms with Crippen molar-refractivity contribution < 1.29 is 92.8 Å². The zero-order chi connectivity index (χ0) is 46.9. The molecule has 0 aliphatic heterocycles. The third-order valence-electron chi connectivity index (χ3n) is 8.23. The Morgan fingerprint density at radius 2 is 0.894 bits per heavy atom. The molecule has 2 aromatic carbocycles. The molecule has 0 saturated heterocycles. The fourth-order valence-corrected chi connectivity index (χ4v) is 6.51. The molecule has 0 bridgehead atoms. The van der Waals surface area contributed by atoms with Crippen molar-refractivity contribution in [3.8, 4) is 0 Å². The minimum absolute atomic E-state index is 0. The molecule has 8 N–H and O–H groups in total. The molecule has 4 aliphatic carbocycles. The van der Waals surface area contributed by atoms with Gasteiger partial charge in [0.1, 0.15) is 11.4 Å². The Bertz CT molecular complexity index is 2860. The van der Waals surface area contributed by atoms with Gasteiger partial charge in [0.2, 0.25) is 31.6 Å². The largest absolute Gasteiger partial charge is 1.00 e. The maximum atomic E-state index is 12.1. The predicted octanol–water partition coefficient (Wildman–Crippen LogP) is 0.649. The number of nitrogens with two attached hydrogens (primary N) is 2. The molecule has 22 nitrogen and oxygen atoms in total. The number of sulfonamides is 2. The molecule has 6 rings (SSSR count). The summed E-state index contributed by atoms with van der Waals surface area (Å²) in [5.41, 5.74) is 12.1. The Hall–Kier alpha value is -6.21. The number of ketones is 4. The molecular formula is C38H28Cl2CrN10NaO12S2+. The molecule has 0 amide bonds. The fraction of sp³-hybridized carbons (Fsp3) is 0. The van der Waals surface area contributed by atoms with Crippen LogP contribution >= 0.6 is 23.2 Å². The van der Waals surface area contributed by atoms with Crippen LogP contribution in [0.1, 0.15) is 0 Å². The van der Waals surface area contributed by atoms with Crippen molar-refractivity contribution in [2.45, 2.75) is 0 Å². The summed E-state index contributed by atoms with van der Waals surface area (Å²) in [6.45, 7) is 0. The van der Waals surface area contributed by atoms with E-state index >= 15 is 0 Å². The van der Waals surface area contributed by atoms with Gasteiger partial charge in [0.15, 0.2) is 11.6 Å². The zero-order valence-corrected chi connectivity index (χ0v) is 39.8. The summed E-state index contributed by atoms with van der Waals surface area (Å²) in [5, 5.41) is 31.9. The number of primary sulfonamides is 2. The van der Waals surface area contributed by atoms with E-state index in [2.05, 4.69) is 31.7 Å². The molecule has 2 aromatic rings. The number of aliphatic imine (C=N–C) groups is 2. The second-order valence-corrected chi connectivity index (χ2v) is 16.7. The van der Waals surface area contributed by atoms with Gasteiger partial charge < -0.3 is 10.9 Å². The third kappa shape index (κ3) is 14.9. The number of non-ortho nitro benzene ring substituents is 2. The van der Waals surface area contributed by atoms with Crippen molar-refractivity contribution in [1.29, 1.82) is 0 Å². The van der Waals surface area contributed by atoms with Gasteiger partial charge in [-0.05, 0) is 85.0 Å². The maximum Gasteiger partial charge on any atom is 1.00 e. The number of nitro benzene ring substituents is 2. The maximum absolute atomic E-state index is 12.1. The van der Waals surface area contributed by atoms with Crippen LogP contribution in [-0.4, -0.2) is 61.2 Å². The number of nitro groups is 2. The van der Waals surface area contributed by atoms with E-state index < -0.39 is 53.0 Å². The van der Waals surface area contributed by atoms with Crippen molar-refractivity contribution in [1.82, 2.24) is 10.9 Å². The van der Waals surface area contributed by atoms with Gasteiger partial charge in [0, 0.05) is 65.2 Å². The Morgan fingerprint density at radius 3 is 1.21 bits per heavy atom. The molecule has 28 heteroatoms. The average Bonchev–Trinajstić information content (AvgIpc) is 3.23. The molecule has 0 fully saturated rings. The number of rotatable bonds is 12. The standard InChI is InChI=1S/2C19H14ClN5O6S.Cr.Na/c2*20-15-8-13(25(28)29)2-4-16(15)24-23-12-1-5-18(26)11(7-12)10-22-17-9-14(32(21,30)31)3-6-19(17)27;;/h2*1-10,23-24H,(H2,21,30,31);;/q;;;+1/b2*11-10-,22-17?;;. The smallest absolute Gasteiger partial charge is 0.301 e. The normalized spacial score (nSPS) is 18.0. The molecular weight excluding hydrogens is 999 g/mol. The third-order valence-corrected chi connectivity index (χ3v) is 10.7. The van der Waals surface area contributed by atoms with Crippen molar-refractivity contribution in [2.75, 3.05) is 10.9 Å². The van der Waals surface area contributed by atoms with Crippen LogP contribution in [-0.2, 0) is 56.6 Å². The predicted molar refractivity (Wildman–Crippen MR) is 236 cm³/mol. The Morgan fingerprint density at radius 1 is 0.545 bits per heavy atom. The molecule has 66 heavy (non-hydrogen) atoms. The van der Waals surface area contributed by atoms with E-state index in [1.807, 2.05) is 0 Å². The summed E-state index contributed by atoms with van der Waals surface area (Å²) < 4.78 is 45.8. The molecule has 0 radical (unpaired) electrons. The fourth-order valence-electron chi connectivity index (χ4n) is 5.00. The first-order valence-corrected chi connectivity index (χ1v) is 21.2. The topological polar surface area (TPSA) is 348 Å². The SMILES string of the molecule is NS(=O)(=O)C1=CC(=N/C=C2/C=C(NNc3ccc([N+](=O)[O-])cc3Cl)C=CC2=O)C(=O)C=C1.NS(=O)(=O)C1=CC(=N/C=C2/C=C(NNc3ccc([N+](=O)[O-])cc3Cl)C=CC2=O)C(=O)C=C1.[Cr].[Na+]. The number of hydrogen-bond donors (Lipinski definition) is 6. The first kappa shape index (κ1) is 54.1. The number of hydrogen-bond acceptors (Lipinski definition) is 18. The second kappa shape index (κ2) is 23.3. The molecule has 0 aromatic heterocycles. The summed E-state index contributed by atoms with van der Waals surface area (Å²) in [5.74, 6) is -1.90. The van der Waals surface area contributed by atoms with Gasteiger partial charge in [-0.1, -0.05) is 23.2 Å². The van der Waals surface area contributed by atoms with Crippen molar-refractivity contribution >= 4 is 101 Å². The number of halogens is 2. The van der Waals surface area contributed by atoms with Crippen molar-refractivity contribution in [3.63, 3.8) is 0 Å². The van der Waals surface area contributed by atoms with E-state index in [1.54, 1.807) is 0 Å². The van der Waals surface area contributed by atoms with Gasteiger partial charge in [-0.15, -0.1) is 0 Å². The molecule has 4 aliphatic rings. The molecule has 0 unspecified atom stereocenters. The molecule has 0 saturated carbocycles. The van der Waals surface area contributed by atoms with Crippen LogP contribution < -0.4 is 61.5 Å². The van der Waals surface area contributed by atoms with Crippen LogP contribution in [0.2, 0.25) is 10.0 Å². The molecule has 0 spiro atoms. The number of carbonyl (C=O) groups excluding carboxylic acids is 4. The number of benzene rings is 2. The van der Waals surface area contributed by atoms with E-state index in [1.165, 1.54) is 72.9 Å². The Kier molecular flexibility index (Phi) is 19.1. The van der Waals surface area contributed by atoms with Gasteiger partial charge in [0.25, 0.3) is 11.4 Å². The van der Waals surface area contributed by atoms with Crippen LogP contribution in [0.15, 0.2) is 164 Å². The van der Waals surface area contributed by atoms with E-state index in [0.29, 0.717) is 22.8 Å². The second-order valence-electron chi connectivity index (χ2n) is 12.7. The molecule has 334 valence electrons. The van der Waals surface area contributed by atoms with Crippen LogP contribution in [0, 0.1) is 20.2 Å². The number of anilines is 2. The van der Waals surface area contributed by atoms with Crippen LogP contribution in [0.4, 0.5) is 22.7 Å². The van der Waals surface area contributed by atoms with E-state index in [0.717, 1.165) is 48.9 Å². The van der Waals surface area contributed by atoms with E-state index in [-0.39, 0.29) is 101 Å². The van der Waals surface area contributed by atoms with E-state index in [9.17, 15) is 56.2 Å². The summed E-state index contributed by atoms with van der Waals surface area (Å²) >= 11 is 12.0. The number of allylic oxidation sites excluding steroid dienone is 14. The van der Waals surface area contributed by atoms with Gasteiger partial charge in [-0.2, -0.15) is 0 Å². The van der Waals surface area contributed by atoms with Crippen LogP contribution in [0.3, 0.4) is 0 Å². The van der Waals surface area contributed by atoms with Gasteiger partial charge in [-0.25, -0.2) is 27.1 Å². The minimum atomic E-state index is -4.03. The van der Waals surface area contributed by atoms with Gasteiger partial charge >= 0.3 is 29.6 Å². The van der Waals surface area contributed by atoms with Crippen molar-refractivity contribution in [3.05, 3.63) is 184 Å². The molecule has 0 heterocycles. The number of carbonyl (C=O) groups is 4. The average molecular weight is 1030 g/mol. The van der Waals surface area contributed by atoms with Crippen molar-refractivity contribution in [2.24, 2.45) is 20.3 Å². The van der Waals surface area contributed by atoms with Crippen LogP contribution in [0.25, 0.3) is 0 Å². The summed E-state index contributed by atoms with van der Waals surface area (Å²) in [4.78, 5) is 75.8. The number of hydrazine groups is 2. The Balaban J connectivity index is 0.000000340. The Labute approximate surface area is 416 Å². The zero-order valence-electron chi connectivity index (χ0n) is 33.4. The summed E-state index contributed by atoms with van der Waals surface area (Å²) in [6, 6.07) is 7.72. The van der Waals surface area contributed by atoms with Crippen LogP contribution in [0.5, 0.6) is 0 Å². The minimum Gasteiger partial charge on any atom is -0.301 e. The first-order chi connectivity index (χ1) is 30.1. The monoisotopic (exact) mass is 1030 g/mol.